The lowest BCUT2D eigenvalue weighted by molar-refractivity contribution is 0.144. The van der Waals surface area contributed by atoms with Crippen molar-refractivity contribution in [2.45, 2.75) is 50.6 Å². The molecular formula is C12H23NOS. The molecule has 0 aromatic rings. The highest BCUT2D eigenvalue weighted by Gasteiger charge is 2.26. The van der Waals surface area contributed by atoms with Crippen LogP contribution in [0.2, 0.25) is 0 Å². The third-order valence-electron chi connectivity index (χ3n) is 3.81. The number of aliphatic hydroxyl groups is 1. The Morgan fingerprint density at radius 1 is 1.07 bits per heavy atom. The molecule has 2 atom stereocenters. The van der Waals surface area contributed by atoms with E-state index < -0.39 is 0 Å². The van der Waals surface area contributed by atoms with E-state index in [1.54, 1.807) is 0 Å². The van der Waals surface area contributed by atoms with Gasteiger partial charge in [0, 0.05) is 18.7 Å². The maximum absolute atomic E-state index is 9.35. The Hall–Kier alpha value is 0.270. The summed E-state index contributed by atoms with van der Waals surface area (Å²) in [5.41, 5.74) is 0. The van der Waals surface area contributed by atoms with E-state index in [0.717, 1.165) is 6.04 Å². The van der Waals surface area contributed by atoms with E-state index >= 15 is 0 Å². The summed E-state index contributed by atoms with van der Waals surface area (Å²) < 4.78 is 0. The Labute approximate surface area is 97.2 Å². The molecule has 1 aliphatic carbocycles. The Morgan fingerprint density at radius 3 is 2.53 bits per heavy atom. The van der Waals surface area contributed by atoms with Crippen LogP contribution in [0, 0.1) is 5.92 Å². The summed E-state index contributed by atoms with van der Waals surface area (Å²) >= 11 is 2.08. The maximum Gasteiger partial charge on any atom is 0.0474 e. The Balaban J connectivity index is 1.79. The molecule has 0 radical (unpaired) electrons. The molecule has 1 heterocycles. The Morgan fingerprint density at radius 2 is 1.80 bits per heavy atom. The quantitative estimate of drug-likeness (QED) is 0.776. The van der Waals surface area contributed by atoms with Crippen LogP contribution in [0.15, 0.2) is 0 Å². The summed E-state index contributed by atoms with van der Waals surface area (Å²) in [7, 11) is 0. The monoisotopic (exact) mass is 229 g/mol. The van der Waals surface area contributed by atoms with Crippen molar-refractivity contribution in [1.82, 2.24) is 5.32 Å². The molecule has 15 heavy (non-hydrogen) atoms. The van der Waals surface area contributed by atoms with Crippen LogP contribution in [0.25, 0.3) is 0 Å². The number of thioether (sulfide) groups is 1. The van der Waals surface area contributed by atoms with Gasteiger partial charge in [-0.1, -0.05) is 12.8 Å². The Bertz CT molecular complexity index is 182. The van der Waals surface area contributed by atoms with Gasteiger partial charge in [-0.15, -0.1) is 0 Å². The SMILES string of the molecule is OCC1CCCCC1NC1CCSCC1. The van der Waals surface area contributed by atoms with Crippen LogP contribution in [-0.4, -0.2) is 35.3 Å². The van der Waals surface area contributed by atoms with Crippen LogP contribution in [0.4, 0.5) is 0 Å². The summed E-state index contributed by atoms with van der Waals surface area (Å²) in [6.45, 7) is 0.374. The van der Waals surface area contributed by atoms with Gasteiger partial charge in [-0.2, -0.15) is 11.8 Å². The van der Waals surface area contributed by atoms with Crippen molar-refractivity contribution in [1.29, 1.82) is 0 Å². The first-order valence-electron chi connectivity index (χ1n) is 6.35. The molecule has 1 aliphatic heterocycles. The molecule has 88 valence electrons. The molecule has 2 rings (SSSR count). The minimum atomic E-state index is 0.374. The number of nitrogens with one attached hydrogen (secondary N) is 1. The molecule has 0 amide bonds. The first-order chi connectivity index (χ1) is 7.40. The average Bonchev–Trinajstić information content (AvgIpc) is 2.31. The first kappa shape index (κ1) is 11.7. The molecular weight excluding hydrogens is 206 g/mol. The van der Waals surface area contributed by atoms with Gasteiger partial charge in [0.2, 0.25) is 0 Å². The van der Waals surface area contributed by atoms with Crippen LogP contribution in [0.5, 0.6) is 0 Å². The van der Waals surface area contributed by atoms with Crippen LogP contribution >= 0.6 is 11.8 Å². The summed E-state index contributed by atoms with van der Waals surface area (Å²) in [5.74, 6) is 3.15. The topological polar surface area (TPSA) is 32.3 Å². The maximum atomic E-state index is 9.35. The summed E-state index contributed by atoms with van der Waals surface area (Å²) in [4.78, 5) is 0. The lowest BCUT2D eigenvalue weighted by Gasteiger charge is -2.35. The van der Waals surface area contributed by atoms with Crippen molar-refractivity contribution in [2.24, 2.45) is 5.92 Å². The minimum Gasteiger partial charge on any atom is -0.396 e. The Kier molecular flexibility index (Phi) is 4.79. The smallest absolute Gasteiger partial charge is 0.0474 e. The zero-order valence-corrected chi connectivity index (χ0v) is 10.3. The fraction of sp³-hybridized carbons (Fsp3) is 1.00. The van der Waals surface area contributed by atoms with Gasteiger partial charge >= 0.3 is 0 Å². The largest absolute Gasteiger partial charge is 0.396 e. The van der Waals surface area contributed by atoms with Gasteiger partial charge in [0.05, 0.1) is 0 Å². The lowest BCUT2D eigenvalue weighted by Crippen LogP contribution is -2.46. The second-order valence-electron chi connectivity index (χ2n) is 4.89. The van der Waals surface area contributed by atoms with E-state index in [4.69, 9.17) is 0 Å². The van der Waals surface area contributed by atoms with Crippen molar-refractivity contribution in [2.75, 3.05) is 18.1 Å². The normalized spacial score (nSPS) is 34.2. The number of aliphatic hydroxyl groups excluding tert-OH is 1. The number of hydrogen-bond acceptors (Lipinski definition) is 3. The van der Waals surface area contributed by atoms with Crippen molar-refractivity contribution in [3.05, 3.63) is 0 Å². The highest BCUT2D eigenvalue weighted by Crippen LogP contribution is 2.26. The third-order valence-corrected chi connectivity index (χ3v) is 4.86. The number of rotatable bonds is 3. The van der Waals surface area contributed by atoms with Crippen molar-refractivity contribution >= 4 is 11.8 Å². The van der Waals surface area contributed by atoms with Gasteiger partial charge in [-0.3, -0.25) is 0 Å². The first-order valence-corrected chi connectivity index (χ1v) is 7.50. The van der Waals surface area contributed by atoms with E-state index in [2.05, 4.69) is 17.1 Å². The van der Waals surface area contributed by atoms with Crippen molar-refractivity contribution in [3.8, 4) is 0 Å². The molecule has 1 saturated heterocycles. The molecule has 0 bridgehead atoms. The standard InChI is InChI=1S/C12H23NOS/c14-9-10-3-1-2-4-12(10)13-11-5-7-15-8-6-11/h10-14H,1-9H2. The fourth-order valence-corrected chi connectivity index (χ4v) is 3.92. The van der Waals surface area contributed by atoms with E-state index in [-0.39, 0.29) is 0 Å². The van der Waals surface area contributed by atoms with E-state index in [1.165, 1.54) is 50.0 Å². The highest BCUT2D eigenvalue weighted by molar-refractivity contribution is 7.99. The molecule has 0 spiro atoms. The minimum absolute atomic E-state index is 0.374. The van der Waals surface area contributed by atoms with Gasteiger partial charge in [0.15, 0.2) is 0 Å². The molecule has 2 nitrogen and oxygen atoms in total. The molecule has 0 aromatic carbocycles. The van der Waals surface area contributed by atoms with Crippen LogP contribution in [0.1, 0.15) is 38.5 Å². The van der Waals surface area contributed by atoms with Crippen LogP contribution < -0.4 is 5.32 Å². The molecule has 2 aliphatic rings. The molecule has 2 fully saturated rings. The van der Waals surface area contributed by atoms with Crippen molar-refractivity contribution < 1.29 is 5.11 Å². The van der Waals surface area contributed by atoms with Crippen molar-refractivity contribution in [3.63, 3.8) is 0 Å². The van der Waals surface area contributed by atoms with E-state index in [0.29, 0.717) is 18.6 Å². The average molecular weight is 229 g/mol. The van der Waals surface area contributed by atoms with E-state index in [9.17, 15) is 5.11 Å². The second kappa shape index (κ2) is 6.12. The lowest BCUT2D eigenvalue weighted by atomic mass is 9.84. The predicted molar refractivity (Wildman–Crippen MR) is 66.3 cm³/mol. The predicted octanol–water partition coefficient (Wildman–Crippen LogP) is 2.02. The summed E-state index contributed by atoms with van der Waals surface area (Å²) in [5, 5.41) is 13.1. The number of hydrogen-bond donors (Lipinski definition) is 2. The second-order valence-corrected chi connectivity index (χ2v) is 6.11. The van der Waals surface area contributed by atoms with Gasteiger partial charge in [-0.05, 0) is 43.1 Å². The highest BCUT2D eigenvalue weighted by atomic mass is 32.2. The molecule has 1 saturated carbocycles. The zero-order valence-electron chi connectivity index (χ0n) is 9.45. The fourth-order valence-electron chi connectivity index (χ4n) is 2.81. The van der Waals surface area contributed by atoms with E-state index in [1.807, 2.05) is 0 Å². The van der Waals surface area contributed by atoms with Gasteiger partial charge in [0.25, 0.3) is 0 Å². The molecule has 3 heteroatoms. The summed E-state index contributed by atoms with van der Waals surface area (Å²) in [6.07, 6.45) is 7.78. The summed E-state index contributed by atoms with van der Waals surface area (Å²) in [6, 6.07) is 1.32. The van der Waals surface area contributed by atoms with Crippen LogP contribution in [0.3, 0.4) is 0 Å². The zero-order chi connectivity index (χ0) is 10.5. The molecule has 0 aromatic heterocycles. The van der Waals surface area contributed by atoms with Gasteiger partial charge in [0.1, 0.15) is 0 Å². The molecule has 2 N–H and O–H groups in total. The van der Waals surface area contributed by atoms with Gasteiger partial charge < -0.3 is 10.4 Å². The third kappa shape index (κ3) is 3.36. The van der Waals surface area contributed by atoms with Crippen LogP contribution in [-0.2, 0) is 0 Å². The van der Waals surface area contributed by atoms with Gasteiger partial charge in [-0.25, -0.2) is 0 Å². The molecule has 2 unspecified atom stereocenters.